The minimum atomic E-state index is 0.133. The number of rotatable bonds is 8. The molecule has 1 aliphatic rings. The molecule has 0 N–H and O–H groups in total. The van der Waals surface area contributed by atoms with Crippen molar-refractivity contribution >= 4 is 22.6 Å². The van der Waals surface area contributed by atoms with Gasteiger partial charge in [0.25, 0.3) is 0 Å². The Morgan fingerprint density at radius 1 is 0.892 bits per heavy atom. The van der Waals surface area contributed by atoms with Crippen LogP contribution in [0.2, 0.25) is 0 Å². The molecule has 4 aromatic rings. The highest BCUT2D eigenvalue weighted by Gasteiger charge is 2.28. The number of likely N-dealkylation sites (N-methyl/N-ethyl adjacent to an activating group) is 1. The number of nitrogens with zero attached hydrogens (tertiary/aromatic N) is 5. The molecular weight excluding hydrogens is 478 g/mol. The van der Waals surface area contributed by atoms with Gasteiger partial charge in [-0.25, -0.2) is 4.98 Å². The van der Waals surface area contributed by atoms with Crippen molar-refractivity contribution < 1.29 is 4.79 Å². The Bertz CT molecular complexity index is 1250. The molecule has 0 spiro atoms. The Kier molecular flexibility index (Phi) is 7.92. The zero-order valence-corrected chi connectivity index (χ0v) is 22.3. The highest BCUT2D eigenvalue weighted by atomic mass is 32.1. The molecule has 3 aromatic carbocycles. The molecule has 0 saturated carbocycles. The lowest BCUT2D eigenvalue weighted by Gasteiger charge is -2.40. The van der Waals surface area contributed by atoms with Gasteiger partial charge in [0.2, 0.25) is 11.0 Å². The second-order valence-electron chi connectivity index (χ2n) is 9.65. The second kappa shape index (κ2) is 11.7. The summed E-state index contributed by atoms with van der Waals surface area (Å²) in [7, 11) is 1.92. The monoisotopic (exact) mass is 511 g/mol. The molecule has 1 aromatic heterocycles. The van der Waals surface area contributed by atoms with Gasteiger partial charge >= 0.3 is 0 Å². The molecule has 190 valence electrons. The Labute approximate surface area is 223 Å². The molecule has 2 heterocycles. The third kappa shape index (κ3) is 6.24. The first-order valence-corrected chi connectivity index (χ1v) is 13.5. The molecule has 0 radical (unpaired) electrons. The number of carbonyl (C=O) groups excluding carboxylic acids is 1. The highest BCUT2D eigenvalue weighted by molar-refractivity contribution is 7.09. The maximum atomic E-state index is 13.2. The summed E-state index contributed by atoms with van der Waals surface area (Å²) in [6, 6.07) is 29.9. The van der Waals surface area contributed by atoms with Gasteiger partial charge in [0, 0.05) is 51.2 Å². The van der Waals surface area contributed by atoms with Gasteiger partial charge in [0.15, 0.2) is 0 Å². The highest BCUT2D eigenvalue weighted by Crippen LogP contribution is 2.29. The number of benzene rings is 3. The van der Waals surface area contributed by atoms with Crippen LogP contribution in [-0.4, -0.2) is 64.8 Å². The lowest BCUT2D eigenvalue weighted by molar-refractivity contribution is -0.131. The van der Waals surface area contributed by atoms with Crippen molar-refractivity contribution in [3.05, 3.63) is 113 Å². The fourth-order valence-electron chi connectivity index (χ4n) is 4.84. The Morgan fingerprint density at radius 2 is 1.49 bits per heavy atom. The number of hydrogen-bond acceptors (Lipinski definition) is 6. The third-order valence-electron chi connectivity index (χ3n) is 6.90. The molecule has 1 amide bonds. The summed E-state index contributed by atoms with van der Waals surface area (Å²) >= 11 is 1.35. The predicted octanol–water partition coefficient (Wildman–Crippen LogP) is 4.81. The maximum absolute atomic E-state index is 13.2. The van der Waals surface area contributed by atoms with E-state index in [1.165, 1.54) is 33.8 Å². The van der Waals surface area contributed by atoms with Gasteiger partial charge in [0.05, 0.1) is 12.6 Å². The molecule has 0 aliphatic carbocycles. The summed E-state index contributed by atoms with van der Waals surface area (Å²) in [5.74, 6) is 0.929. The van der Waals surface area contributed by atoms with Gasteiger partial charge < -0.3 is 9.80 Å². The molecule has 1 saturated heterocycles. The van der Waals surface area contributed by atoms with Crippen LogP contribution in [0.1, 0.15) is 34.1 Å². The first-order valence-electron chi connectivity index (χ1n) is 12.8. The van der Waals surface area contributed by atoms with Crippen LogP contribution in [0.4, 0.5) is 5.13 Å². The number of piperazine rings is 1. The van der Waals surface area contributed by atoms with E-state index >= 15 is 0 Å². The van der Waals surface area contributed by atoms with Crippen molar-refractivity contribution in [1.82, 2.24) is 19.2 Å². The quantitative estimate of drug-likeness (QED) is 0.340. The molecule has 37 heavy (non-hydrogen) atoms. The lowest BCUT2D eigenvalue weighted by Crippen LogP contribution is -2.51. The van der Waals surface area contributed by atoms with Crippen LogP contribution in [0.15, 0.2) is 84.9 Å². The van der Waals surface area contributed by atoms with Crippen LogP contribution >= 0.6 is 11.5 Å². The number of aryl methyl sites for hydroxylation is 1. The van der Waals surface area contributed by atoms with Gasteiger partial charge in [-0.1, -0.05) is 90.5 Å². The Morgan fingerprint density at radius 3 is 2.08 bits per heavy atom. The van der Waals surface area contributed by atoms with Gasteiger partial charge in [-0.05, 0) is 23.6 Å². The van der Waals surface area contributed by atoms with E-state index in [0.717, 1.165) is 37.1 Å². The van der Waals surface area contributed by atoms with Gasteiger partial charge in [-0.15, -0.1) is 0 Å². The molecule has 0 atom stereocenters. The summed E-state index contributed by atoms with van der Waals surface area (Å²) in [4.78, 5) is 24.2. The number of anilines is 1. The molecule has 6 nitrogen and oxygen atoms in total. The standard InChI is InChI=1S/C30H33N5OS/c1-23-13-15-24(16-14-23)21-27-31-30(37-32-27)33(2)22-28(36)34-17-19-35(20-18-34)29(25-9-5-3-6-10-25)26-11-7-4-8-12-26/h3-16,29H,17-22H2,1-2H3. The summed E-state index contributed by atoms with van der Waals surface area (Å²) in [6.07, 6.45) is 0.699. The number of hydrogen-bond donors (Lipinski definition) is 0. The van der Waals surface area contributed by atoms with E-state index in [4.69, 9.17) is 0 Å². The minimum Gasteiger partial charge on any atom is -0.341 e. The predicted molar refractivity (Wildman–Crippen MR) is 150 cm³/mol. The largest absolute Gasteiger partial charge is 0.341 e. The first-order chi connectivity index (χ1) is 18.1. The normalized spacial score (nSPS) is 14.2. The van der Waals surface area contributed by atoms with Crippen LogP contribution in [0.5, 0.6) is 0 Å². The topological polar surface area (TPSA) is 52.6 Å². The van der Waals surface area contributed by atoms with E-state index < -0.39 is 0 Å². The van der Waals surface area contributed by atoms with E-state index in [0.29, 0.717) is 13.0 Å². The average molecular weight is 512 g/mol. The molecule has 5 rings (SSSR count). The van der Waals surface area contributed by atoms with Gasteiger partial charge in [-0.3, -0.25) is 9.69 Å². The Hall–Kier alpha value is -3.55. The van der Waals surface area contributed by atoms with Crippen molar-refractivity contribution in [1.29, 1.82) is 0 Å². The van der Waals surface area contributed by atoms with Crippen LogP contribution < -0.4 is 4.90 Å². The van der Waals surface area contributed by atoms with Crippen molar-refractivity contribution in [2.75, 3.05) is 44.7 Å². The lowest BCUT2D eigenvalue weighted by atomic mass is 9.96. The summed E-state index contributed by atoms with van der Waals surface area (Å²) in [5.41, 5.74) is 5.00. The number of amides is 1. The molecule has 0 unspecified atom stereocenters. The van der Waals surface area contributed by atoms with Crippen molar-refractivity contribution in [2.24, 2.45) is 0 Å². The maximum Gasteiger partial charge on any atom is 0.242 e. The smallest absolute Gasteiger partial charge is 0.242 e. The van der Waals surface area contributed by atoms with Crippen molar-refractivity contribution in [3.63, 3.8) is 0 Å². The second-order valence-corrected chi connectivity index (χ2v) is 10.4. The third-order valence-corrected chi connectivity index (χ3v) is 7.77. The zero-order valence-electron chi connectivity index (χ0n) is 21.5. The molecular formula is C30H33N5OS. The molecule has 1 aliphatic heterocycles. The van der Waals surface area contributed by atoms with Gasteiger partial charge in [0.1, 0.15) is 5.82 Å². The van der Waals surface area contributed by atoms with Crippen molar-refractivity contribution in [3.8, 4) is 0 Å². The van der Waals surface area contributed by atoms with Crippen LogP contribution in [-0.2, 0) is 11.2 Å². The number of aromatic nitrogens is 2. The number of carbonyl (C=O) groups is 1. The van der Waals surface area contributed by atoms with E-state index in [2.05, 4.69) is 106 Å². The summed E-state index contributed by atoms with van der Waals surface area (Å²) in [5, 5.41) is 0.780. The van der Waals surface area contributed by atoms with E-state index in [9.17, 15) is 4.79 Å². The zero-order chi connectivity index (χ0) is 25.6. The van der Waals surface area contributed by atoms with Crippen molar-refractivity contribution in [2.45, 2.75) is 19.4 Å². The minimum absolute atomic E-state index is 0.133. The van der Waals surface area contributed by atoms with Crippen LogP contribution in [0.3, 0.4) is 0 Å². The first kappa shape index (κ1) is 25.1. The van der Waals surface area contributed by atoms with Crippen LogP contribution in [0.25, 0.3) is 0 Å². The average Bonchev–Trinajstić information content (AvgIpc) is 3.40. The molecule has 0 bridgehead atoms. The molecule has 1 fully saturated rings. The summed E-state index contributed by atoms with van der Waals surface area (Å²) < 4.78 is 4.52. The van der Waals surface area contributed by atoms with Gasteiger partial charge in [-0.2, -0.15) is 4.37 Å². The van der Waals surface area contributed by atoms with Crippen LogP contribution in [0, 0.1) is 6.92 Å². The van der Waals surface area contributed by atoms with E-state index in [1.54, 1.807) is 0 Å². The Balaban J connectivity index is 1.18. The molecule has 7 heteroatoms. The van der Waals surface area contributed by atoms with E-state index in [-0.39, 0.29) is 11.9 Å². The van der Waals surface area contributed by atoms with E-state index in [1.807, 2.05) is 16.8 Å². The SMILES string of the molecule is Cc1ccc(Cc2nsc(N(C)CC(=O)N3CCN(C(c4ccccc4)c4ccccc4)CC3)n2)cc1. The fraction of sp³-hybridized carbons (Fsp3) is 0.300. The summed E-state index contributed by atoms with van der Waals surface area (Å²) in [6.45, 7) is 5.50. The fourth-order valence-corrected chi connectivity index (χ4v) is 5.49.